The van der Waals surface area contributed by atoms with Crippen LogP contribution < -0.4 is 11.1 Å². The zero-order chi connectivity index (χ0) is 14.3. The number of nitrogens with two attached hydrogens (primary N) is 1. The SMILES string of the molecule is CC(C)CC(CN)NC(=O)CS(=O)(=O)CC(C)C.Cl. The van der Waals surface area contributed by atoms with Gasteiger partial charge in [-0.15, -0.1) is 12.4 Å². The highest BCUT2D eigenvalue weighted by Gasteiger charge is 2.20. The highest BCUT2D eigenvalue weighted by atomic mass is 35.5. The molecule has 5 nitrogen and oxygen atoms in total. The lowest BCUT2D eigenvalue weighted by molar-refractivity contribution is -0.119. The molecule has 1 atom stereocenters. The molecule has 116 valence electrons. The minimum atomic E-state index is -3.32. The first-order valence-electron chi connectivity index (χ1n) is 6.36. The fraction of sp³-hybridized carbons (Fsp3) is 0.917. The maximum Gasteiger partial charge on any atom is 0.235 e. The van der Waals surface area contributed by atoms with Crippen LogP contribution in [0.25, 0.3) is 0 Å². The predicted octanol–water partition coefficient (Wildman–Crippen LogP) is 0.969. The minimum Gasteiger partial charge on any atom is -0.351 e. The van der Waals surface area contributed by atoms with Crippen molar-refractivity contribution in [3.8, 4) is 0 Å². The van der Waals surface area contributed by atoms with Gasteiger partial charge in [0, 0.05) is 12.6 Å². The monoisotopic (exact) mass is 314 g/mol. The summed E-state index contributed by atoms with van der Waals surface area (Å²) in [5.74, 6) is -0.417. The van der Waals surface area contributed by atoms with Gasteiger partial charge in [-0.25, -0.2) is 8.42 Å². The maximum atomic E-state index is 11.7. The van der Waals surface area contributed by atoms with Crippen LogP contribution in [0.3, 0.4) is 0 Å². The van der Waals surface area contributed by atoms with Crippen LogP contribution in [0.1, 0.15) is 34.1 Å². The normalized spacial score (nSPS) is 13.2. The van der Waals surface area contributed by atoms with Crippen LogP contribution in [0.4, 0.5) is 0 Å². The third kappa shape index (κ3) is 11.2. The van der Waals surface area contributed by atoms with Crippen LogP contribution in [-0.4, -0.2) is 38.4 Å². The molecule has 0 aromatic carbocycles. The van der Waals surface area contributed by atoms with E-state index in [-0.39, 0.29) is 30.1 Å². The summed E-state index contributed by atoms with van der Waals surface area (Å²) in [7, 11) is -3.32. The van der Waals surface area contributed by atoms with Crippen molar-refractivity contribution in [2.24, 2.45) is 17.6 Å². The molecule has 0 heterocycles. The summed E-state index contributed by atoms with van der Waals surface area (Å²) in [5.41, 5.74) is 5.55. The number of nitrogens with one attached hydrogen (secondary N) is 1. The Balaban J connectivity index is 0. The Hall–Kier alpha value is -0.330. The lowest BCUT2D eigenvalue weighted by Gasteiger charge is -2.18. The number of carbonyl (C=O) groups excluding carboxylic acids is 1. The zero-order valence-corrected chi connectivity index (χ0v) is 13.8. The van der Waals surface area contributed by atoms with Crippen LogP contribution in [0.5, 0.6) is 0 Å². The Labute approximate surface area is 123 Å². The Morgan fingerprint density at radius 3 is 2.05 bits per heavy atom. The van der Waals surface area contributed by atoms with Gasteiger partial charge in [0.25, 0.3) is 0 Å². The molecule has 0 spiro atoms. The van der Waals surface area contributed by atoms with Crippen LogP contribution in [0.15, 0.2) is 0 Å². The summed E-state index contributed by atoms with van der Waals surface area (Å²) in [6.45, 7) is 8.02. The summed E-state index contributed by atoms with van der Waals surface area (Å²) >= 11 is 0. The van der Waals surface area contributed by atoms with Crippen molar-refractivity contribution in [2.75, 3.05) is 18.1 Å². The number of hydrogen-bond acceptors (Lipinski definition) is 4. The zero-order valence-electron chi connectivity index (χ0n) is 12.2. The molecular formula is C12H27ClN2O3S. The molecular weight excluding hydrogens is 288 g/mol. The van der Waals surface area contributed by atoms with Gasteiger partial charge in [0.05, 0.1) is 5.75 Å². The fourth-order valence-electron chi connectivity index (χ4n) is 1.82. The van der Waals surface area contributed by atoms with E-state index >= 15 is 0 Å². The molecule has 7 heteroatoms. The lowest BCUT2D eigenvalue weighted by atomic mass is 10.0. The average molecular weight is 315 g/mol. The molecule has 0 aromatic heterocycles. The molecule has 0 saturated carbocycles. The van der Waals surface area contributed by atoms with Crippen molar-refractivity contribution in [1.82, 2.24) is 5.32 Å². The molecule has 0 aliphatic heterocycles. The predicted molar refractivity (Wildman–Crippen MR) is 81.2 cm³/mol. The summed E-state index contributed by atoms with van der Waals surface area (Å²) in [6, 6.07) is -0.147. The number of rotatable bonds is 8. The van der Waals surface area contributed by atoms with Crippen LogP contribution in [0, 0.1) is 11.8 Å². The first-order valence-corrected chi connectivity index (χ1v) is 8.18. The number of halogens is 1. The van der Waals surface area contributed by atoms with Crippen molar-refractivity contribution in [3.05, 3.63) is 0 Å². The van der Waals surface area contributed by atoms with Crippen molar-refractivity contribution >= 4 is 28.2 Å². The molecule has 0 saturated heterocycles. The van der Waals surface area contributed by atoms with Gasteiger partial charge >= 0.3 is 0 Å². The first kappa shape index (κ1) is 21.0. The largest absolute Gasteiger partial charge is 0.351 e. The van der Waals surface area contributed by atoms with Gasteiger partial charge in [0.15, 0.2) is 9.84 Å². The van der Waals surface area contributed by atoms with Crippen molar-refractivity contribution < 1.29 is 13.2 Å². The molecule has 19 heavy (non-hydrogen) atoms. The smallest absolute Gasteiger partial charge is 0.235 e. The van der Waals surface area contributed by atoms with Gasteiger partial charge < -0.3 is 11.1 Å². The van der Waals surface area contributed by atoms with Crippen LogP contribution in [0.2, 0.25) is 0 Å². The average Bonchev–Trinajstić information content (AvgIpc) is 2.12. The molecule has 0 radical (unpaired) electrons. The second-order valence-corrected chi connectivity index (χ2v) is 7.69. The summed E-state index contributed by atoms with van der Waals surface area (Å²) < 4.78 is 23.3. The fourth-order valence-corrected chi connectivity index (χ4v) is 3.44. The highest BCUT2D eigenvalue weighted by molar-refractivity contribution is 7.92. The third-order valence-corrected chi connectivity index (χ3v) is 4.22. The molecule has 0 fully saturated rings. The van der Waals surface area contributed by atoms with Gasteiger partial charge in [-0.1, -0.05) is 27.7 Å². The Morgan fingerprint density at radius 2 is 1.68 bits per heavy atom. The van der Waals surface area contributed by atoms with Crippen molar-refractivity contribution in [2.45, 2.75) is 40.2 Å². The third-order valence-electron chi connectivity index (χ3n) is 2.34. The van der Waals surface area contributed by atoms with E-state index in [0.29, 0.717) is 12.5 Å². The lowest BCUT2D eigenvalue weighted by Crippen LogP contribution is -2.43. The maximum absolute atomic E-state index is 11.7. The molecule has 0 bridgehead atoms. The second kappa shape index (κ2) is 9.55. The van der Waals surface area contributed by atoms with E-state index < -0.39 is 21.5 Å². The Bertz CT molecular complexity index is 356. The van der Waals surface area contributed by atoms with E-state index in [1.54, 1.807) is 0 Å². The topological polar surface area (TPSA) is 89.3 Å². The number of carbonyl (C=O) groups is 1. The summed E-state index contributed by atoms with van der Waals surface area (Å²) in [4.78, 5) is 11.6. The second-order valence-electron chi connectivity index (χ2n) is 5.58. The van der Waals surface area contributed by atoms with E-state index in [4.69, 9.17) is 5.73 Å². The standard InChI is InChI=1S/C12H26N2O3S.ClH/c1-9(2)5-11(6-13)14-12(15)8-18(16,17)7-10(3)4;/h9-11H,5-8,13H2,1-4H3,(H,14,15);1H. The quantitative estimate of drug-likeness (QED) is 0.698. The Kier molecular flexibility index (Phi) is 10.5. The van der Waals surface area contributed by atoms with Gasteiger partial charge in [-0.05, 0) is 18.3 Å². The summed E-state index contributed by atoms with van der Waals surface area (Å²) in [6.07, 6.45) is 0.756. The molecule has 3 N–H and O–H groups in total. The molecule has 0 rings (SSSR count). The number of hydrogen-bond donors (Lipinski definition) is 2. The summed E-state index contributed by atoms with van der Waals surface area (Å²) in [5, 5.41) is 2.68. The first-order chi connectivity index (χ1) is 8.16. The Morgan fingerprint density at radius 1 is 1.16 bits per heavy atom. The van der Waals surface area contributed by atoms with Gasteiger partial charge in [0.2, 0.25) is 5.91 Å². The molecule has 0 aliphatic rings. The van der Waals surface area contributed by atoms with E-state index in [2.05, 4.69) is 5.32 Å². The van der Waals surface area contributed by atoms with E-state index in [9.17, 15) is 13.2 Å². The number of sulfone groups is 1. The van der Waals surface area contributed by atoms with Crippen molar-refractivity contribution in [3.63, 3.8) is 0 Å². The molecule has 1 unspecified atom stereocenters. The molecule has 0 aromatic rings. The van der Waals surface area contributed by atoms with Crippen molar-refractivity contribution in [1.29, 1.82) is 0 Å². The van der Waals surface area contributed by atoms with Crippen LogP contribution in [-0.2, 0) is 14.6 Å². The van der Waals surface area contributed by atoms with E-state index in [0.717, 1.165) is 6.42 Å². The van der Waals surface area contributed by atoms with Gasteiger partial charge in [-0.3, -0.25) is 4.79 Å². The van der Waals surface area contributed by atoms with E-state index in [1.165, 1.54) is 0 Å². The molecule has 1 amide bonds. The van der Waals surface area contributed by atoms with Gasteiger partial charge in [0.1, 0.15) is 5.75 Å². The minimum absolute atomic E-state index is 0. The molecule has 0 aliphatic carbocycles. The number of amides is 1. The highest BCUT2D eigenvalue weighted by Crippen LogP contribution is 2.04. The van der Waals surface area contributed by atoms with Gasteiger partial charge in [-0.2, -0.15) is 0 Å². The van der Waals surface area contributed by atoms with E-state index in [1.807, 2.05) is 27.7 Å². The van der Waals surface area contributed by atoms with Crippen LogP contribution >= 0.6 is 12.4 Å².